The molecule has 0 spiro atoms. The Labute approximate surface area is 195 Å². The molecule has 0 radical (unpaired) electrons. The minimum atomic E-state index is -2.93. The third-order valence-corrected chi connectivity index (χ3v) is 5.12. The Kier molecular flexibility index (Phi) is 6.86. The van der Waals surface area contributed by atoms with Crippen molar-refractivity contribution in [3.05, 3.63) is 72.7 Å². The number of benzene rings is 1. The number of aromatic nitrogens is 3. The summed E-state index contributed by atoms with van der Waals surface area (Å²) in [5.41, 5.74) is 2.99. The fourth-order valence-electron chi connectivity index (χ4n) is 3.52. The molecule has 0 unspecified atom stereocenters. The summed E-state index contributed by atoms with van der Waals surface area (Å²) in [7, 11) is 1.93. The Balaban J connectivity index is 1.66. The highest BCUT2D eigenvalue weighted by molar-refractivity contribution is 5.86. The highest BCUT2D eigenvalue weighted by Gasteiger charge is 2.18. The smallest absolute Gasteiger partial charge is 0.387 e. The number of carbonyl (C=O) groups is 1. The second-order valence-electron chi connectivity index (χ2n) is 7.35. The quantitative estimate of drug-likeness (QED) is 0.316. The van der Waals surface area contributed by atoms with Gasteiger partial charge in [-0.25, -0.2) is 4.98 Å². The molecule has 0 saturated heterocycles. The van der Waals surface area contributed by atoms with Gasteiger partial charge in [-0.2, -0.15) is 13.8 Å². The van der Waals surface area contributed by atoms with E-state index in [1.165, 1.54) is 29.2 Å². The normalized spacial score (nSPS) is 11.0. The van der Waals surface area contributed by atoms with Crippen LogP contribution < -0.4 is 19.3 Å². The zero-order chi connectivity index (χ0) is 24.1. The molecular weight excluding hydrogens is 444 g/mol. The fraction of sp³-hybridized carbons (Fsp3) is 0.208. The Hall–Kier alpha value is -4.21. The van der Waals surface area contributed by atoms with Crippen molar-refractivity contribution in [1.29, 1.82) is 0 Å². The van der Waals surface area contributed by atoms with Crippen LogP contribution in [0.1, 0.15) is 12.5 Å². The van der Waals surface area contributed by atoms with Crippen LogP contribution in [0.15, 0.2) is 67.1 Å². The second-order valence-corrected chi connectivity index (χ2v) is 7.35. The molecule has 1 aromatic carbocycles. The molecule has 0 bridgehead atoms. The van der Waals surface area contributed by atoms with Crippen molar-refractivity contribution < 1.29 is 23.0 Å². The van der Waals surface area contributed by atoms with Crippen molar-refractivity contribution in [3.63, 3.8) is 0 Å². The molecule has 0 saturated carbocycles. The van der Waals surface area contributed by atoms with E-state index in [9.17, 15) is 13.6 Å². The zero-order valence-electron chi connectivity index (χ0n) is 18.6. The number of imidazole rings is 1. The van der Waals surface area contributed by atoms with E-state index < -0.39 is 6.61 Å². The van der Waals surface area contributed by atoms with Crippen LogP contribution in [0.4, 0.5) is 26.0 Å². The number of anilines is 3. The molecule has 0 N–H and O–H groups in total. The number of hydrogen-bond acceptors (Lipinski definition) is 6. The van der Waals surface area contributed by atoms with Crippen molar-refractivity contribution in [2.24, 2.45) is 0 Å². The van der Waals surface area contributed by atoms with Gasteiger partial charge in [0.05, 0.1) is 18.0 Å². The van der Waals surface area contributed by atoms with Crippen molar-refractivity contribution in [3.8, 4) is 11.6 Å². The molecule has 176 valence electrons. The average molecular weight is 467 g/mol. The summed E-state index contributed by atoms with van der Waals surface area (Å²) in [6.45, 7) is -0.237. The van der Waals surface area contributed by atoms with Gasteiger partial charge in [-0.05, 0) is 49.4 Å². The minimum Gasteiger partial charge on any atom is -0.478 e. The monoisotopic (exact) mass is 467 g/mol. The van der Waals surface area contributed by atoms with Crippen molar-refractivity contribution in [2.75, 3.05) is 23.5 Å². The van der Waals surface area contributed by atoms with Gasteiger partial charge < -0.3 is 18.8 Å². The van der Waals surface area contributed by atoms with Crippen LogP contribution >= 0.6 is 0 Å². The highest BCUT2D eigenvalue weighted by atomic mass is 19.3. The number of fused-ring (bicyclic) bond motifs is 1. The number of carbonyl (C=O) groups excluding carboxylic acids is 1. The number of halogens is 2. The molecule has 4 rings (SSSR count). The fourth-order valence-corrected chi connectivity index (χ4v) is 3.52. The summed E-state index contributed by atoms with van der Waals surface area (Å²) < 4.78 is 36.8. The molecule has 1 amide bonds. The highest BCUT2D eigenvalue weighted by Crippen LogP contribution is 2.31. The van der Waals surface area contributed by atoms with Gasteiger partial charge >= 0.3 is 6.61 Å². The molecule has 0 aliphatic carbocycles. The van der Waals surface area contributed by atoms with E-state index in [-0.39, 0.29) is 5.75 Å². The van der Waals surface area contributed by atoms with Gasteiger partial charge in [0.2, 0.25) is 12.3 Å². The van der Waals surface area contributed by atoms with Crippen LogP contribution in [-0.2, 0) is 11.3 Å². The van der Waals surface area contributed by atoms with Gasteiger partial charge in [0.25, 0.3) is 0 Å². The van der Waals surface area contributed by atoms with Crippen molar-refractivity contribution >= 4 is 29.2 Å². The van der Waals surface area contributed by atoms with Crippen LogP contribution in [0.3, 0.4) is 0 Å². The molecule has 0 aliphatic heterocycles. The first kappa shape index (κ1) is 23.0. The molecule has 8 nitrogen and oxygen atoms in total. The van der Waals surface area contributed by atoms with Crippen molar-refractivity contribution in [1.82, 2.24) is 14.4 Å². The van der Waals surface area contributed by atoms with Crippen LogP contribution in [-0.4, -0.2) is 41.0 Å². The third kappa shape index (κ3) is 5.06. The summed E-state index contributed by atoms with van der Waals surface area (Å²) in [6, 6.07) is 13.3. The number of hydrogen-bond donors (Lipinski definition) is 0. The van der Waals surface area contributed by atoms with E-state index in [0.29, 0.717) is 36.9 Å². The topological polar surface area (TPSA) is 72.2 Å². The predicted molar refractivity (Wildman–Crippen MR) is 124 cm³/mol. The Morgan fingerprint density at radius 3 is 2.56 bits per heavy atom. The first-order valence-corrected chi connectivity index (χ1v) is 10.5. The number of alkyl halides is 2. The minimum absolute atomic E-state index is 0.00419. The molecule has 0 fully saturated rings. The summed E-state index contributed by atoms with van der Waals surface area (Å²) >= 11 is 0. The molecule has 0 atom stereocenters. The third-order valence-electron chi connectivity index (χ3n) is 5.12. The lowest BCUT2D eigenvalue weighted by molar-refractivity contribution is -0.106. The second kappa shape index (κ2) is 10.2. The molecule has 34 heavy (non-hydrogen) atoms. The van der Waals surface area contributed by atoms with E-state index in [0.717, 1.165) is 16.9 Å². The maximum Gasteiger partial charge on any atom is 0.387 e. The Morgan fingerprint density at radius 1 is 1.09 bits per heavy atom. The van der Waals surface area contributed by atoms with E-state index in [4.69, 9.17) is 4.74 Å². The standard InChI is InChI=1S/C24H23F2N5O3/c1-3-33-22-11-4-17(14-29(2)19-7-10-21-27-12-13-30(21)15-19)23(28-22)31(16-32)18-5-8-20(9-6-18)34-24(25)26/h4-13,15-16,24H,3,14H2,1-2H3. The molecule has 4 aromatic rings. The lowest BCUT2D eigenvalue weighted by atomic mass is 10.2. The van der Waals surface area contributed by atoms with Crippen LogP contribution in [0.25, 0.3) is 5.65 Å². The molecule has 0 aliphatic rings. The van der Waals surface area contributed by atoms with Crippen LogP contribution in [0, 0.1) is 0 Å². The summed E-state index contributed by atoms with van der Waals surface area (Å²) in [5, 5.41) is 0. The number of amides is 1. The maximum absolute atomic E-state index is 12.5. The number of pyridine rings is 2. The number of rotatable bonds is 10. The SMILES string of the molecule is CCOc1ccc(CN(C)c2ccc3nccn3c2)c(N(C=O)c2ccc(OC(F)F)cc2)n1. The van der Waals surface area contributed by atoms with Gasteiger partial charge in [-0.1, -0.05) is 0 Å². The lowest BCUT2D eigenvalue weighted by Crippen LogP contribution is -2.22. The van der Waals surface area contributed by atoms with E-state index >= 15 is 0 Å². The Morgan fingerprint density at radius 2 is 1.85 bits per heavy atom. The number of nitrogens with zero attached hydrogens (tertiary/aromatic N) is 5. The predicted octanol–water partition coefficient (Wildman–Crippen LogP) is 4.66. The maximum atomic E-state index is 12.5. The number of ether oxygens (including phenoxy) is 2. The van der Waals surface area contributed by atoms with E-state index in [1.54, 1.807) is 12.3 Å². The van der Waals surface area contributed by atoms with Gasteiger partial charge in [0.1, 0.15) is 17.2 Å². The summed E-state index contributed by atoms with van der Waals surface area (Å²) in [5.74, 6) is 0.739. The van der Waals surface area contributed by atoms with Crippen LogP contribution in [0.2, 0.25) is 0 Å². The van der Waals surface area contributed by atoms with Gasteiger partial charge in [-0.15, -0.1) is 0 Å². The van der Waals surface area contributed by atoms with Crippen molar-refractivity contribution in [2.45, 2.75) is 20.1 Å². The summed E-state index contributed by atoms with van der Waals surface area (Å²) in [4.78, 5) is 24.3. The first-order valence-electron chi connectivity index (χ1n) is 10.5. The summed E-state index contributed by atoms with van der Waals surface area (Å²) in [6.07, 6.45) is 6.19. The van der Waals surface area contributed by atoms with E-state index in [2.05, 4.69) is 14.7 Å². The van der Waals surface area contributed by atoms with Gasteiger partial charge in [-0.3, -0.25) is 9.69 Å². The largest absolute Gasteiger partial charge is 0.478 e. The average Bonchev–Trinajstić information content (AvgIpc) is 3.30. The Bertz CT molecular complexity index is 1260. The molecule has 3 heterocycles. The van der Waals surface area contributed by atoms with E-state index in [1.807, 2.05) is 53.9 Å². The van der Waals surface area contributed by atoms with Gasteiger partial charge in [0.15, 0.2) is 0 Å². The molecule has 10 heteroatoms. The zero-order valence-corrected chi connectivity index (χ0v) is 18.6. The first-order chi connectivity index (χ1) is 16.5. The van der Waals surface area contributed by atoms with Crippen LogP contribution in [0.5, 0.6) is 11.6 Å². The van der Waals surface area contributed by atoms with Gasteiger partial charge in [0, 0.05) is 43.8 Å². The lowest BCUT2D eigenvalue weighted by Gasteiger charge is -2.25. The molecule has 3 aromatic heterocycles. The molecular formula is C24H23F2N5O3.